The maximum atomic E-state index is 12.4. The van der Waals surface area contributed by atoms with Gasteiger partial charge in [0.2, 0.25) is 11.8 Å². The number of thiophene rings is 1. The van der Waals surface area contributed by atoms with Crippen molar-refractivity contribution < 1.29 is 18.7 Å². The Labute approximate surface area is 173 Å². The van der Waals surface area contributed by atoms with Crippen LogP contribution in [-0.4, -0.2) is 54.9 Å². The van der Waals surface area contributed by atoms with Crippen molar-refractivity contribution in [3.8, 4) is 16.5 Å². The molecule has 8 nitrogen and oxygen atoms in total. The zero-order chi connectivity index (χ0) is 20.5. The van der Waals surface area contributed by atoms with E-state index >= 15 is 0 Å². The molecule has 0 bridgehead atoms. The van der Waals surface area contributed by atoms with E-state index in [1.54, 1.807) is 14.2 Å². The third-order valence-electron chi connectivity index (χ3n) is 4.19. The van der Waals surface area contributed by atoms with Crippen molar-refractivity contribution in [2.75, 3.05) is 33.9 Å². The summed E-state index contributed by atoms with van der Waals surface area (Å²) in [5.41, 5.74) is 1.00. The first-order valence-electron chi connectivity index (χ1n) is 9.15. The van der Waals surface area contributed by atoms with Crippen LogP contribution in [0.15, 0.2) is 46.2 Å². The molecule has 0 aliphatic rings. The minimum atomic E-state index is -0.0880. The molecule has 9 heteroatoms. The van der Waals surface area contributed by atoms with E-state index in [9.17, 15) is 4.79 Å². The summed E-state index contributed by atoms with van der Waals surface area (Å²) in [6, 6.07) is 11.4. The number of hydrogen-bond acceptors (Lipinski definition) is 8. The highest BCUT2D eigenvalue weighted by Crippen LogP contribution is 2.23. The summed E-state index contributed by atoms with van der Waals surface area (Å²) < 4.78 is 16.0. The number of benzene rings is 1. The lowest BCUT2D eigenvalue weighted by atomic mass is 10.2. The van der Waals surface area contributed by atoms with Gasteiger partial charge in [0, 0.05) is 20.2 Å². The predicted octanol–water partition coefficient (Wildman–Crippen LogP) is 2.57. The maximum Gasteiger partial charge on any atom is 0.257 e. The van der Waals surface area contributed by atoms with Crippen molar-refractivity contribution in [3.63, 3.8) is 0 Å². The standard InChI is InChI=1S/C20H24N4O4S/c1-26-10-9-24(14-19-22-23-20(28-19)17-4-3-11-29-17)13-18(25)21-12-15-5-7-16(27-2)8-6-15/h3-8,11H,9-10,12-14H2,1-2H3,(H,21,25). The Morgan fingerprint density at radius 1 is 1.21 bits per heavy atom. The highest BCUT2D eigenvalue weighted by atomic mass is 32.1. The molecule has 0 saturated heterocycles. The fraction of sp³-hybridized carbons (Fsp3) is 0.350. The molecule has 1 amide bonds. The maximum absolute atomic E-state index is 12.4. The molecule has 3 rings (SSSR count). The second kappa shape index (κ2) is 10.7. The Kier molecular flexibility index (Phi) is 7.74. The molecule has 0 aliphatic heterocycles. The molecule has 1 aromatic carbocycles. The minimum absolute atomic E-state index is 0.0880. The molecule has 0 radical (unpaired) electrons. The van der Waals surface area contributed by atoms with E-state index in [1.165, 1.54) is 11.3 Å². The lowest BCUT2D eigenvalue weighted by molar-refractivity contribution is -0.122. The SMILES string of the molecule is COCCN(CC(=O)NCc1ccc(OC)cc1)Cc1nnc(-c2cccs2)o1. The molecule has 2 heterocycles. The van der Waals surface area contributed by atoms with Crippen molar-refractivity contribution in [1.29, 1.82) is 0 Å². The van der Waals surface area contributed by atoms with Gasteiger partial charge in [-0.3, -0.25) is 9.69 Å². The zero-order valence-corrected chi connectivity index (χ0v) is 17.3. The van der Waals surface area contributed by atoms with Crippen molar-refractivity contribution in [3.05, 3.63) is 53.2 Å². The molecule has 0 atom stereocenters. The number of amides is 1. The van der Waals surface area contributed by atoms with Crippen molar-refractivity contribution in [1.82, 2.24) is 20.4 Å². The highest BCUT2D eigenvalue weighted by molar-refractivity contribution is 7.13. The Hall–Kier alpha value is -2.75. The molecular formula is C20H24N4O4S. The summed E-state index contributed by atoms with van der Waals surface area (Å²) in [5.74, 6) is 1.65. The largest absolute Gasteiger partial charge is 0.497 e. The predicted molar refractivity (Wildman–Crippen MR) is 110 cm³/mol. The topological polar surface area (TPSA) is 89.7 Å². The van der Waals surface area contributed by atoms with E-state index in [0.29, 0.717) is 38.0 Å². The van der Waals surface area contributed by atoms with Crippen molar-refractivity contribution in [2.45, 2.75) is 13.1 Å². The average Bonchev–Trinajstić information content (AvgIpc) is 3.43. The van der Waals surface area contributed by atoms with Crippen LogP contribution in [0.4, 0.5) is 0 Å². The summed E-state index contributed by atoms with van der Waals surface area (Å²) in [5, 5.41) is 13.1. The molecule has 3 aromatic rings. The second-order valence-corrected chi connectivity index (χ2v) is 7.25. The van der Waals surface area contributed by atoms with E-state index in [2.05, 4.69) is 15.5 Å². The molecule has 0 spiro atoms. The molecule has 2 aromatic heterocycles. The lowest BCUT2D eigenvalue weighted by Gasteiger charge is -2.19. The van der Waals surface area contributed by atoms with E-state index in [4.69, 9.17) is 13.9 Å². The van der Waals surface area contributed by atoms with Gasteiger partial charge in [-0.25, -0.2) is 0 Å². The first-order valence-corrected chi connectivity index (χ1v) is 10.0. The molecule has 29 heavy (non-hydrogen) atoms. The van der Waals surface area contributed by atoms with Crippen molar-refractivity contribution in [2.24, 2.45) is 0 Å². The van der Waals surface area contributed by atoms with Crippen LogP contribution in [0, 0.1) is 0 Å². The number of methoxy groups -OCH3 is 2. The van der Waals surface area contributed by atoms with Crippen LogP contribution in [0.3, 0.4) is 0 Å². The van der Waals surface area contributed by atoms with Gasteiger partial charge in [0.1, 0.15) is 5.75 Å². The molecule has 1 N–H and O–H groups in total. The quantitative estimate of drug-likeness (QED) is 0.514. The third kappa shape index (κ3) is 6.38. The first-order chi connectivity index (χ1) is 14.2. The van der Waals surface area contributed by atoms with Gasteiger partial charge in [0.25, 0.3) is 5.89 Å². The number of nitrogens with one attached hydrogen (secondary N) is 1. The summed E-state index contributed by atoms with van der Waals surface area (Å²) in [6.45, 7) is 2.10. The summed E-state index contributed by atoms with van der Waals surface area (Å²) in [6.07, 6.45) is 0. The summed E-state index contributed by atoms with van der Waals surface area (Å²) in [7, 11) is 3.25. The number of carbonyl (C=O) groups is 1. The Balaban J connectivity index is 1.54. The molecule has 154 valence electrons. The number of ether oxygens (including phenoxy) is 2. The van der Waals surface area contributed by atoms with Gasteiger partial charge in [0.05, 0.1) is 31.7 Å². The number of hydrogen-bond donors (Lipinski definition) is 1. The number of nitrogens with zero attached hydrogens (tertiary/aromatic N) is 3. The van der Waals surface area contributed by atoms with Gasteiger partial charge in [-0.2, -0.15) is 0 Å². The summed E-state index contributed by atoms with van der Waals surface area (Å²) in [4.78, 5) is 15.2. The van der Waals surface area contributed by atoms with Crippen molar-refractivity contribution >= 4 is 17.2 Å². The van der Waals surface area contributed by atoms with Gasteiger partial charge in [-0.05, 0) is 29.1 Å². The van der Waals surface area contributed by atoms with Gasteiger partial charge in [-0.1, -0.05) is 18.2 Å². The van der Waals surface area contributed by atoms with Gasteiger partial charge in [0.15, 0.2) is 0 Å². The van der Waals surface area contributed by atoms with Gasteiger partial charge >= 0.3 is 0 Å². The zero-order valence-electron chi connectivity index (χ0n) is 16.5. The van der Waals surface area contributed by atoms with Crippen LogP contribution >= 0.6 is 11.3 Å². The molecule has 0 fully saturated rings. The highest BCUT2D eigenvalue weighted by Gasteiger charge is 2.16. The average molecular weight is 417 g/mol. The monoisotopic (exact) mass is 416 g/mol. The fourth-order valence-corrected chi connectivity index (χ4v) is 3.29. The van der Waals surface area contributed by atoms with Crippen LogP contribution in [0.5, 0.6) is 5.75 Å². The van der Waals surface area contributed by atoms with E-state index < -0.39 is 0 Å². The Bertz CT molecular complexity index is 880. The van der Waals surface area contributed by atoms with Gasteiger partial charge in [-0.15, -0.1) is 21.5 Å². The van der Waals surface area contributed by atoms with E-state index in [1.807, 2.05) is 46.7 Å². The van der Waals surface area contributed by atoms with Crippen LogP contribution < -0.4 is 10.1 Å². The lowest BCUT2D eigenvalue weighted by Crippen LogP contribution is -2.38. The smallest absolute Gasteiger partial charge is 0.257 e. The molecule has 0 saturated carbocycles. The fourth-order valence-electron chi connectivity index (χ4n) is 2.65. The molecular weight excluding hydrogens is 392 g/mol. The number of rotatable bonds is 11. The molecule has 0 unspecified atom stereocenters. The Morgan fingerprint density at radius 2 is 2.03 bits per heavy atom. The van der Waals surface area contributed by atoms with Crippen LogP contribution in [0.2, 0.25) is 0 Å². The van der Waals surface area contributed by atoms with Crippen LogP contribution in [0.25, 0.3) is 10.8 Å². The van der Waals surface area contributed by atoms with Gasteiger partial charge < -0.3 is 19.2 Å². The second-order valence-electron chi connectivity index (χ2n) is 6.31. The van der Waals surface area contributed by atoms with E-state index in [-0.39, 0.29) is 12.5 Å². The summed E-state index contributed by atoms with van der Waals surface area (Å²) >= 11 is 1.54. The Morgan fingerprint density at radius 3 is 2.72 bits per heavy atom. The molecule has 0 aliphatic carbocycles. The minimum Gasteiger partial charge on any atom is -0.497 e. The third-order valence-corrected chi connectivity index (χ3v) is 5.04. The number of carbonyl (C=O) groups excluding carboxylic acids is 1. The first kappa shape index (κ1) is 21.0. The normalized spacial score (nSPS) is 11.0. The van der Waals surface area contributed by atoms with Crippen LogP contribution in [-0.2, 0) is 22.6 Å². The number of aromatic nitrogens is 2. The van der Waals surface area contributed by atoms with Crippen LogP contribution in [0.1, 0.15) is 11.5 Å². The van der Waals surface area contributed by atoms with E-state index in [0.717, 1.165) is 16.2 Å².